The second-order valence-corrected chi connectivity index (χ2v) is 10.5. The maximum absolute atomic E-state index is 5.30. The van der Waals surface area contributed by atoms with Crippen molar-refractivity contribution in [3.8, 4) is 11.5 Å². The van der Waals surface area contributed by atoms with Gasteiger partial charge in [-0.05, 0) is 91.3 Å². The van der Waals surface area contributed by atoms with Crippen LogP contribution in [0.3, 0.4) is 0 Å². The summed E-state index contributed by atoms with van der Waals surface area (Å²) in [6.07, 6.45) is 4.94. The maximum Gasteiger partial charge on any atom is 0.119 e. The summed E-state index contributed by atoms with van der Waals surface area (Å²) in [4.78, 5) is 5.01. The van der Waals surface area contributed by atoms with Gasteiger partial charge in [-0.25, -0.2) is 0 Å². The van der Waals surface area contributed by atoms with Gasteiger partial charge >= 0.3 is 0 Å². The van der Waals surface area contributed by atoms with Crippen molar-refractivity contribution in [2.75, 3.05) is 36.3 Å². The van der Waals surface area contributed by atoms with E-state index in [0.29, 0.717) is 0 Å². The minimum absolute atomic E-state index is 0.853. The molecular formula is C32H35N3O2S. The molecule has 38 heavy (non-hydrogen) atoms. The third-order valence-electron chi connectivity index (χ3n) is 6.71. The predicted molar refractivity (Wildman–Crippen MR) is 161 cm³/mol. The molecule has 0 fully saturated rings. The van der Waals surface area contributed by atoms with Crippen LogP contribution >= 0.6 is 11.8 Å². The van der Waals surface area contributed by atoms with Crippen molar-refractivity contribution in [3.63, 3.8) is 0 Å². The molecule has 0 atom stereocenters. The van der Waals surface area contributed by atoms with Crippen molar-refractivity contribution in [1.82, 2.24) is 0 Å². The summed E-state index contributed by atoms with van der Waals surface area (Å²) in [5.74, 6) is 1.71. The highest BCUT2D eigenvalue weighted by Crippen LogP contribution is 2.50. The molecule has 5 rings (SSSR count). The van der Waals surface area contributed by atoms with E-state index in [1.807, 2.05) is 60.3 Å². The highest BCUT2D eigenvalue weighted by Gasteiger charge is 2.24. The van der Waals surface area contributed by atoms with E-state index in [4.69, 9.17) is 9.47 Å². The van der Waals surface area contributed by atoms with Crippen LogP contribution in [0.2, 0.25) is 0 Å². The molecule has 6 heteroatoms. The Morgan fingerprint density at radius 1 is 0.605 bits per heavy atom. The first-order chi connectivity index (χ1) is 18.7. The van der Waals surface area contributed by atoms with Crippen LogP contribution in [-0.2, 0) is 0 Å². The standard InChI is InChI=1S/C32H35N3O2S/c1-4-5-6-7-20-35-29-18-12-25(33-23-8-14-27(36-2)15-9-23)21-31(29)38-32-22-26(13-19-30(32)35)34-24-10-16-28(37-3)17-11-24/h8-19,21-22,33-34H,4-7,20H2,1-3H3. The first-order valence-corrected chi connectivity index (χ1v) is 14.0. The van der Waals surface area contributed by atoms with E-state index in [0.717, 1.165) is 40.8 Å². The summed E-state index contributed by atoms with van der Waals surface area (Å²) in [5, 5.41) is 7.09. The molecular weight excluding hydrogens is 490 g/mol. The Morgan fingerprint density at radius 3 is 1.53 bits per heavy atom. The number of unbranched alkanes of at least 4 members (excludes halogenated alkanes) is 3. The number of anilines is 6. The van der Waals surface area contributed by atoms with E-state index in [2.05, 4.69) is 58.9 Å². The molecule has 0 spiro atoms. The van der Waals surface area contributed by atoms with Crippen molar-refractivity contribution in [2.45, 2.75) is 42.4 Å². The zero-order chi connectivity index (χ0) is 26.3. The molecule has 4 aromatic rings. The number of nitrogens with zero attached hydrogens (tertiary/aromatic N) is 1. The van der Waals surface area contributed by atoms with Gasteiger partial charge in [-0.15, -0.1) is 0 Å². The SMILES string of the molecule is CCCCCCN1c2ccc(Nc3ccc(OC)cc3)cc2Sc2cc(Nc3ccc(OC)cc3)ccc21. The van der Waals surface area contributed by atoms with Crippen LogP contribution in [0.5, 0.6) is 11.5 Å². The lowest BCUT2D eigenvalue weighted by Crippen LogP contribution is -2.22. The number of hydrogen-bond donors (Lipinski definition) is 2. The molecule has 1 aliphatic heterocycles. The lowest BCUT2D eigenvalue weighted by Gasteiger charge is -2.33. The van der Waals surface area contributed by atoms with Gasteiger partial charge in [0.2, 0.25) is 0 Å². The van der Waals surface area contributed by atoms with E-state index in [-0.39, 0.29) is 0 Å². The fourth-order valence-corrected chi connectivity index (χ4v) is 5.84. The average molecular weight is 526 g/mol. The Morgan fingerprint density at radius 2 is 1.08 bits per heavy atom. The maximum atomic E-state index is 5.30. The molecule has 0 saturated heterocycles. The van der Waals surface area contributed by atoms with Crippen molar-refractivity contribution in [2.24, 2.45) is 0 Å². The molecule has 0 aliphatic carbocycles. The summed E-state index contributed by atoms with van der Waals surface area (Å²) in [6.45, 7) is 3.27. The monoisotopic (exact) mass is 525 g/mol. The Bertz CT molecular complexity index is 1260. The van der Waals surface area contributed by atoms with Crippen LogP contribution in [0.15, 0.2) is 94.7 Å². The van der Waals surface area contributed by atoms with Crippen molar-refractivity contribution >= 4 is 45.9 Å². The summed E-state index contributed by atoms with van der Waals surface area (Å²) < 4.78 is 10.6. The second-order valence-electron chi connectivity index (χ2n) is 9.39. The topological polar surface area (TPSA) is 45.8 Å². The predicted octanol–water partition coefficient (Wildman–Crippen LogP) is 9.37. The number of nitrogens with one attached hydrogen (secondary N) is 2. The van der Waals surface area contributed by atoms with E-state index >= 15 is 0 Å². The minimum atomic E-state index is 0.853. The Balaban J connectivity index is 1.41. The highest BCUT2D eigenvalue weighted by atomic mass is 32.2. The van der Waals surface area contributed by atoms with Gasteiger partial charge in [-0.1, -0.05) is 37.9 Å². The number of methoxy groups -OCH3 is 2. The lowest BCUT2D eigenvalue weighted by molar-refractivity contribution is 0.415. The van der Waals surface area contributed by atoms with Gasteiger partial charge in [0.1, 0.15) is 11.5 Å². The molecule has 0 bridgehead atoms. The second kappa shape index (κ2) is 12.2. The van der Waals surface area contributed by atoms with Crippen LogP contribution in [0.4, 0.5) is 34.1 Å². The van der Waals surface area contributed by atoms with Gasteiger partial charge in [0.05, 0.1) is 25.6 Å². The average Bonchev–Trinajstić information content (AvgIpc) is 2.95. The molecule has 1 aliphatic rings. The van der Waals surface area contributed by atoms with Crippen molar-refractivity contribution in [1.29, 1.82) is 0 Å². The third-order valence-corrected chi connectivity index (χ3v) is 7.81. The first kappa shape index (κ1) is 25.9. The number of hydrogen-bond acceptors (Lipinski definition) is 6. The smallest absolute Gasteiger partial charge is 0.119 e. The third kappa shape index (κ3) is 6.03. The highest BCUT2D eigenvalue weighted by molar-refractivity contribution is 7.99. The minimum Gasteiger partial charge on any atom is -0.497 e. The van der Waals surface area contributed by atoms with Gasteiger partial charge in [-0.2, -0.15) is 0 Å². The first-order valence-electron chi connectivity index (χ1n) is 13.2. The largest absolute Gasteiger partial charge is 0.497 e. The van der Waals surface area contributed by atoms with Gasteiger partial charge in [0, 0.05) is 39.1 Å². The molecule has 0 amide bonds. The molecule has 5 nitrogen and oxygen atoms in total. The molecule has 0 aromatic heterocycles. The fourth-order valence-electron chi connectivity index (χ4n) is 4.66. The van der Waals surface area contributed by atoms with E-state index < -0.39 is 0 Å². The molecule has 2 N–H and O–H groups in total. The zero-order valence-corrected chi connectivity index (χ0v) is 23.1. The van der Waals surface area contributed by atoms with Gasteiger partial charge in [0.15, 0.2) is 0 Å². The molecule has 0 saturated carbocycles. The quantitative estimate of drug-likeness (QED) is 0.190. The molecule has 1 heterocycles. The van der Waals surface area contributed by atoms with Crippen LogP contribution in [-0.4, -0.2) is 20.8 Å². The van der Waals surface area contributed by atoms with Crippen LogP contribution < -0.4 is 25.0 Å². The van der Waals surface area contributed by atoms with Crippen LogP contribution in [0, 0.1) is 0 Å². The Hall–Kier alpha value is -3.77. The van der Waals surface area contributed by atoms with Gasteiger partial charge in [0.25, 0.3) is 0 Å². The van der Waals surface area contributed by atoms with Crippen LogP contribution in [0.1, 0.15) is 32.6 Å². The molecule has 4 aromatic carbocycles. The summed E-state index contributed by atoms with van der Waals surface area (Å²) in [7, 11) is 3.37. The van der Waals surface area contributed by atoms with Crippen molar-refractivity contribution in [3.05, 3.63) is 84.9 Å². The number of benzene rings is 4. The molecule has 196 valence electrons. The number of ether oxygens (including phenoxy) is 2. The fraction of sp³-hybridized carbons (Fsp3) is 0.250. The van der Waals surface area contributed by atoms with Crippen LogP contribution in [0.25, 0.3) is 0 Å². The summed E-state index contributed by atoms with van der Waals surface area (Å²) in [5.41, 5.74) is 6.76. The van der Waals surface area contributed by atoms with Gasteiger partial charge in [-0.3, -0.25) is 0 Å². The summed E-state index contributed by atoms with van der Waals surface area (Å²) in [6, 6.07) is 29.4. The molecule has 0 unspecified atom stereocenters. The van der Waals surface area contributed by atoms with Crippen molar-refractivity contribution < 1.29 is 9.47 Å². The number of rotatable bonds is 11. The Kier molecular flexibility index (Phi) is 8.29. The summed E-state index contributed by atoms with van der Waals surface area (Å²) >= 11 is 1.83. The number of fused-ring (bicyclic) bond motifs is 2. The lowest BCUT2D eigenvalue weighted by atomic mass is 10.1. The van der Waals surface area contributed by atoms with E-state index in [1.54, 1.807) is 14.2 Å². The molecule has 0 radical (unpaired) electrons. The van der Waals surface area contributed by atoms with E-state index in [9.17, 15) is 0 Å². The van der Waals surface area contributed by atoms with Gasteiger partial charge < -0.3 is 25.0 Å². The Labute approximate surface area is 230 Å². The van der Waals surface area contributed by atoms with E-state index in [1.165, 1.54) is 46.8 Å². The zero-order valence-electron chi connectivity index (χ0n) is 22.3. The normalized spacial score (nSPS) is 11.9.